The molecule has 0 saturated carbocycles. The highest BCUT2D eigenvalue weighted by Gasteiger charge is 2.10. The van der Waals surface area contributed by atoms with Crippen molar-refractivity contribution in [1.82, 2.24) is 5.32 Å². The molecule has 0 bridgehead atoms. The summed E-state index contributed by atoms with van der Waals surface area (Å²) in [6.07, 6.45) is 1.90. The first-order valence-electron chi connectivity index (χ1n) is 4.47. The van der Waals surface area contributed by atoms with Crippen LogP contribution in [-0.4, -0.2) is 26.2 Å². The molecule has 0 aromatic rings. The molecule has 0 heterocycles. The zero-order valence-electron chi connectivity index (χ0n) is 9.05. The lowest BCUT2D eigenvalue weighted by molar-refractivity contribution is -0.136. The second-order valence-electron chi connectivity index (χ2n) is 3.40. The van der Waals surface area contributed by atoms with E-state index in [4.69, 9.17) is 0 Å². The normalized spacial score (nSPS) is 14.5. The van der Waals surface area contributed by atoms with Crippen molar-refractivity contribution in [3.05, 3.63) is 11.6 Å². The van der Waals surface area contributed by atoms with Gasteiger partial charge in [-0.25, -0.2) is 4.79 Å². The van der Waals surface area contributed by atoms with E-state index in [1.165, 1.54) is 7.11 Å². The summed E-state index contributed by atoms with van der Waals surface area (Å²) in [5.74, 6) is 0.200. The number of methoxy groups -OCH3 is 1. The Hall–Kier alpha value is -0.830. The van der Waals surface area contributed by atoms with Crippen molar-refractivity contribution in [1.29, 1.82) is 0 Å². The highest BCUT2D eigenvalue weighted by Crippen LogP contribution is 2.06. The fraction of sp³-hybridized carbons (Fsp3) is 0.700. The lowest BCUT2D eigenvalue weighted by Gasteiger charge is -2.16. The van der Waals surface area contributed by atoms with E-state index in [1.54, 1.807) is 6.92 Å². The highest BCUT2D eigenvalue weighted by molar-refractivity contribution is 5.87. The molecule has 0 aliphatic heterocycles. The molecule has 13 heavy (non-hydrogen) atoms. The molecule has 0 saturated heterocycles. The molecule has 0 fully saturated rings. The monoisotopic (exact) mass is 185 g/mol. The Labute approximate surface area is 80.2 Å². The Kier molecular flexibility index (Phi) is 5.39. The van der Waals surface area contributed by atoms with Gasteiger partial charge >= 0.3 is 5.97 Å². The van der Waals surface area contributed by atoms with Gasteiger partial charge in [0.05, 0.1) is 7.11 Å². The van der Waals surface area contributed by atoms with E-state index in [2.05, 4.69) is 23.9 Å². The fourth-order valence-corrected chi connectivity index (χ4v) is 1.11. The molecule has 3 nitrogen and oxygen atoms in total. The van der Waals surface area contributed by atoms with Crippen LogP contribution in [0.25, 0.3) is 0 Å². The summed E-state index contributed by atoms with van der Waals surface area (Å²) in [5, 5.41) is 3.13. The lowest BCUT2D eigenvalue weighted by Crippen LogP contribution is -2.29. The van der Waals surface area contributed by atoms with Crippen molar-refractivity contribution < 1.29 is 9.53 Å². The molecule has 0 aliphatic rings. The smallest absolute Gasteiger partial charge is 0.333 e. The maximum Gasteiger partial charge on any atom is 0.333 e. The van der Waals surface area contributed by atoms with E-state index < -0.39 is 0 Å². The minimum absolute atomic E-state index is 0.221. The predicted octanol–water partition coefficient (Wildman–Crippen LogP) is 1.35. The number of likely N-dealkylation sites (N-methyl/N-ethyl adjacent to an activating group) is 1. The maximum atomic E-state index is 11.1. The first kappa shape index (κ1) is 12.2. The van der Waals surface area contributed by atoms with Crippen molar-refractivity contribution in [3.8, 4) is 0 Å². The van der Waals surface area contributed by atoms with Gasteiger partial charge < -0.3 is 10.1 Å². The first-order chi connectivity index (χ1) is 6.02. The van der Waals surface area contributed by atoms with Gasteiger partial charge in [-0.1, -0.05) is 19.9 Å². The van der Waals surface area contributed by atoms with Gasteiger partial charge in [0.15, 0.2) is 0 Å². The van der Waals surface area contributed by atoms with Gasteiger partial charge in [-0.2, -0.15) is 0 Å². The molecule has 0 radical (unpaired) electrons. The Morgan fingerprint density at radius 1 is 1.46 bits per heavy atom. The number of rotatable bonds is 4. The summed E-state index contributed by atoms with van der Waals surface area (Å²) in [5.41, 5.74) is 0.649. The quantitative estimate of drug-likeness (QED) is 0.530. The van der Waals surface area contributed by atoms with Gasteiger partial charge in [-0.3, -0.25) is 0 Å². The minimum Gasteiger partial charge on any atom is -0.466 e. The zero-order valence-corrected chi connectivity index (χ0v) is 9.05. The van der Waals surface area contributed by atoms with Gasteiger partial charge in [0.25, 0.3) is 0 Å². The number of ether oxygens (including phenoxy) is 1. The summed E-state index contributed by atoms with van der Waals surface area (Å²) in [6.45, 7) is 5.96. The van der Waals surface area contributed by atoms with Gasteiger partial charge in [0.1, 0.15) is 0 Å². The molecule has 3 heteroatoms. The summed E-state index contributed by atoms with van der Waals surface area (Å²) in [7, 11) is 3.27. The SMILES string of the molecule is CNC(/C=C(\C)C(=O)OC)C(C)C. The van der Waals surface area contributed by atoms with Crippen molar-refractivity contribution in [2.75, 3.05) is 14.2 Å². The number of hydrogen-bond donors (Lipinski definition) is 1. The molecule has 0 spiro atoms. The van der Waals surface area contributed by atoms with Gasteiger partial charge in [-0.05, 0) is 19.9 Å². The van der Waals surface area contributed by atoms with E-state index >= 15 is 0 Å². The van der Waals surface area contributed by atoms with Gasteiger partial charge in [0.2, 0.25) is 0 Å². The van der Waals surface area contributed by atoms with Crippen LogP contribution in [0.5, 0.6) is 0 Å². The molecule has 1 N–H and O–H groups in total. The zero-order chi connectivity index (χ0) is 10.4. The Morgan fingerprint density at radius 3 is 2.31 bits per heavy atom. The van der Waals surface area contributed by atoms with Crippen molar-refractivity contribution in [3.63, 3.8) is 0 Å². The molecule has 0 aliphatic carbocycles. The number of nitrogens with one attached hydrogen (secondary N) is 1. The summed E-state index contributed by atoms with van der Waals surface area (Å²) in [6, 6.07) is 0.221. The van der Waals surface area contributed by atoms with Crippen LogP contribution in [0.3, 0.4) is 0 Å². The lowest BCUT2D eigenvalue weighted by atomic mass is 10.0. The fourth-order valence-electron chi connectivity index (χ4n) is 1.11. The first-order valence-corrected chi connectivity index (χ1v) is 4.47. The molecule has 1 unspecified atom stereocenters. The molecule has 0 aromatic carbocycles. The molecule has 0 rings (SSSR count). The minimum atomic E-state index is -0.263. The average Bonchev–Trinajstić information content (AvgIpc) is 2.11. The third-order valence-corrected chi connectivity index (χ3v) is 1.99. The third-order valence-electron chi connectivity index (χ3n) is 1.99. The van der Waals surface area contributed by atoms with Crippen LogP contribution in [0.2, 0.25) is 0 Å². The molecular weight excluding hydrogens is 166 g/mol. The second-order valence-corrected chi connectivity index (χ2v) is 3.40. The third kappa shape index (κ3) is 4.08. The second kappa shape index (κ2) is 5.75. The van der Waals surface area contributed by atoms with Crippen LogP contribution in [0, 0.1) is 5.92 Å². The Bertz CT molecular complexity index is 197. The molecule has 76 valence electrons. The summed E-state index contributed by atoms with van der Waals surface area (Å²) in [4.78, 5) is 11.1. The molecule has 0 aromatic heterocycles. The van der Waals surface area contributed by atoms with E-state index in [1.807, 2.05) is 13.1 Å². The van der Waals surface area contributed by atoms with Crippen LogP contribution >= 0.6 is 0 Å². The molecule has 0 amide bonds. The van der Waals surface area contributed by atoms with Gasteiger partial charge in [-0.15, -0.1) is 0 Å². The van der Waals surface area contributed by atoms with Crippen molar-refractivity contribution >= 4 is 5.97 Å². The van der Waals surface area contributed by atoms with E-state index in [0.29, 0.717) is 11.5 Å². The van der Waals surface area contributed by atoms with Crippen LogP contribution in [0.15, 0.2) is 11.6 Å². The van der Waals surface area contributed by atoms with Gasteiger partial charge in [0, 0.05) is 11.6 Å². The Balaban J connectivity index is 4.41. The molecular formula is C10H19NO2. The largest absolute Gasteiger partial charge is 0.466 e. The summed E-state index contributed by atoms with van der Waals surface area (Å²) >= 11 is 0. The van der Waals surface area contributed by atoms with E-state index in [0.717, 1.165) is 0 Å². The average molecular weight is 185 g/mol. The standard InChI is InChI=1S/C10H19NO2/c1-7(2)9(11-4)6-8(3)10(12)13-5/h6-7,9,11H,1-5H3/b8-6+. The van der Waals surface area contributed by atoms with Crippen LogP contribution in [0.1, 0.15) is 20.8 Å². The maximum absolute atomic E-state index is 11.1. The van der Waals surface area contributed by atoms with Crippen LogP contribution in [-0.2, 0) is 9.53 Å². The van der Waals surface area contributed by atoms with E-state index in [9.17, 15) is 4.79 Å². The summed E-state index contributed by atoms with van der Waals surface area (Å²) < 4.78 is 4.60. The van der Waals surface area contributed by atoms with Crippen LogP contribution in [0.4, 0.5) is 0 Å². The number of carbonyl (C=O) groups excluding carboxylic acids is 1. The number of hydrogen-bond acceptors (Lipinski definition) is 3. The Morgan fingerprint density at radius 2 is 2.00 bits per heavy atom. The van der Waals surface area contributed by atoms with Crippen molar-refractivity contribution in [2.24, 2.45) is 5.92 Å². The highest BCUT2D eigenvalue weighted by atomic mass is 16.5. The topological polar surface area (TPSA) is 38.3 Å². The predicted molar refractivity (Wildman–Crippen MR) is 53.5 cm³/mol. The number of carbonyl (C=O) groups is 1. The van der Waals surface area contributed by atoms with Crippen LogP contribution < -0.4 is 5.32 Å². The van der Waals surface area contributed by atoms with Crippen molar-refractivity contribution in [2.45, 2.75) is 26.8 Å². The van der Waals surface area contributed by atoms with E-state index in [-0.39, 0.29) is 12.0 Å². The molecule has 1 atom stereocenters. The number of esters is 1.